The van der Waals surface area contributed by atoms with Gasteiger partial charge in [-0.05, 0) is 56.0 Å². The fourth-order valence-corrected chi connectivity index (χ4v) is 2.63. The van der Waals surface area contributed by atoms with Crippen molar-refractivity contribution in [1.82, 2.24) is 0 Å². The summed E-state index contributed by atoms with van der Waals surface area (Å²) in [6, 6.07) is 3.51. The maximum Gasteiger partial charge on any atom is 0.116 e. The van der Waals surface area contributed by atoms with E-state index < -0.39 is 11.6 Å². The molecular weight excluding hydrogens is 202 g/mol. The summed E-state index contributed by atoms with van der Waals surface area (Å²) in [5, 5.41) is 19.1. The molecule has 4 N–H and O–H groups in total. The van der Waals surface area contributed by atoms with Gasteiger partial charge in [-0.3, -0.25) is 0 Å². The minimum atomic E-state index is -0.495. The molecular formula is C13H19NO2. The normalized spacial score (nSPS) is 30.2. The fraction of sp³-hybridized carbons (Fsp3) is 0.538. The number of phenolic OH excluding ortho intramolecular Hbond substituents is 1. The van der Waals surface area contributed by atoms with E-state index in [-0.39, 0.29) is 5.92 Å². The van der Waals surface area contributed by atoms with Crippen molar-refractivity contribution in [2.45, 2.75) is 44.8 Å². The van der Waals surface area contributed by atoms with E-state index in [0.29, 0.717) is 5.75 Å². The Hall–Kier alpha value is -1.06. The van der Waals surface area contributed by atoms with Crippen molar-refractivity contribution >= 4 is 0 Å². The van der Waals surface area contributed by atoms with E-state index in [1.54, 1.807) is 19.1 Å². The summed E-state index contributed by atoms with van der Waals surface area (Å²) in [7, 11) is 0. The van der Waals surface area contributed by atoms with Crippen molar-refractivity contribution in [3.63, 3.8) is 0 Å². The predicted octanol–water partition coefficient (Wildman–Crippen LogP) is 1.57. The van der Waals surface area contributed by atoms with Gasteiger partial charge in [0.1, 0.15) is 5.75 Å². The molecule has 0 heterocycles. The second kappa shape index (κ2) is 3.47. The van der Waals surface area contributed by atoms with Crippen molar-refractivity contribution in [2.24, 2.45) is 5.73 Å². The second-order valence-electron chi connectivity index (χ2n) is 5.04. The minimum absolute atomic E-state index is 0.216. The lowest BCUT2D eigenvalue weighted by molar-refractivity contribution is 0.150. The molecule has 16 heavy (non-hydrogen) atoms. The van der Waals surface area contributed by atoms with Gasteiger partial charge in [0, 0.05) is 11.5 Å². The van der Waals surface area contributed by atoms with Gasteiger partial charge >= 0.3 is 0 Å². The quantitative estimate of drug-likeness (QED) is 0.710. The van der Waals surface area contributed by atoms with Crippen LogP contribution in [-0.4, -0.2) is 21.9 Å². The lowest BCUT2D eigenvalue weighted by Gasteiger charge is -2.17. The summed E-state index contributed by atoms with van der Waals surface area (Å²) in [6.07, 6.45) is 0.321. The van der Waals surface area contributed by atoms with Gasteiger partial charge in [0.2, 0.25) is 0 Å². The van der Waals surface area contributed by atoms with Gasteiger partial charge in [0.25, 0.3) is 0 Å². The molecule has 2 rings (SSSR count). The smallest absolute Gasteiger partial charge is 0.116 e. The molecule has 2 unspecified atom stereocenters. The van der Waals surface area contributed by atoms with Crippen LogP contribution < -0.4 is 5.73 Å². The van der Waals surface area contributed by atoms with Gasteiger partial charge in [-0.1, -0.05) is 0 Å². The van der Waals surface area contributed by atoms with Gasteiger partial charge in [-0.15, -0.1) is 0 Å². The van der Waals surface area contributed by atoms with Gasteiger partial charge in [0.15, 0.2) is 0 Å². The Morgan fingerprint density at radius 1 is 1.38 bits per heavy atom. The number of aromatic hydroxyl groups is 1. The third-order valence-corrected chi connectivity index (χ3v) is 3.75. The van der Waals surface area contributed by atoms with E-state index in [4.69, 9.17) is 5.73 Å². The van der Waals surface area contributed by atoms with Crippen LogP contribution in [0.15, 0.2) is 12.1 Å². The standard InChI is InChI=1S/C13H19NO2/c1-7-4-10(16)5-8(2)12(7)11-6-13(11,14)9(3)15/h4-5,9,11,15-16H,6,14H2,1-3H3/t9?,11-,13?/m0/s1. The molecule has 0 saturated heterocycles. The Bertz CT molecular complexity index is 405. The maximum absolute atomic E-state index is 9.65. The monoisotopic (exact) mass is 221 g/mol. The van der Waals surface area contributed by atoms with Crippen LogP contribution in [0.4, 0.5) is 0 Å². The first kappa shape index (κ1) is 11.4. The fourth-order valence-electron chi connectivity index (χ4n) is 2.63. The highest BCUT2D eigenvalue weighted by molar-refractivity contribution is 5.48. The van der Waals surface area contributed by atoms with Crippen molar-refractivity contribution in [3.05, 3.63) is 28.8 Å². The number of phenols is 1. The molecule has 0 amide bonds. The lowest BCUT2D eigenvalue weighted by Crippen LogP contribution is -2.36. The van der Waals surface area contributed by atoms with Crippen LogP contribution in [0.5, 0.6) is 5.75 Å². The zero-order chi connectivity index (χ0) is 12.1. The van der Waals surface area contributed by atoms with Crippen molar-refractivity contribution < 1.29 is 10.2 Å². The first-order valence-corrected chi connectivity index (χ1v) is 5.63. The number of hydrogen-bond acceptors (Lipinski definition) is 3. The summed E-state index contributed by atoms with van der Waals surface area (Å²) in [4.78, 5) is 0. The zero-order valence-corrected chi connectivity index (χ0v) is 9.99. The average Bonchev–Trinajstić information content (AvgIpc) is 2.77. The van der Waals surface area contributed by atoms with Crippen molar-refractivity contribution in [1.29, 1.82) is 0 Å². The maximum atomic E-state index is 9.65. The van der Waals surface area contributed by atoms with Crippen molar-refractivity contribution in [3.8, 4) is 5.75 Å². The van der Waals surface area contributed by atoms with E-state index in [1.807, 2.05) is 13.8 Å². The third kappa shape index (κ3) is 1.60. The second-order valence-corrected chi connectivity index (χ2v) is 5.04. The van der Waals surface area contributed by atoms with E-state index in [1.165, 1.54) is 5.56 Å². The molecule has 3 atom stereocenters. The summed E-state index contributed by atoms with van der Waals surface area (Å²) in [5.41, 5.74) is 8.93. The van der Waals surface area contributed by atoms with Crippen LogP contribution in [0, 0.1) is 13.8 Å². The number of aliphatic hydroxyl groups excluding tert-OH is 1. The van der Waals surface area contributed by atoms with Crippen LogP contribution in [-0.2, 0) is 0 Å². The molecule has 1 aromatic carbocycles. The van der Waals surface area contributed by atoms with Gasteiger partial charge in [0.05, 0.1) is 6.10 Å². The first-order chi connectivity index (χ1) is 7.36. The molecule has 1 aliphatic carbocycles. The van der Waals surface area contributed by atoms with Crippen LogP contribution >= 0.6 is 0 Å². The number of hydrogen-bond donors (Lipinski definition) is 3. The van der Waals surface area contributed by atoms with E-state index in [0.717, 1.165) is 17.5 Å². The highest BCUT2D eigenvalue weighted by Crippen LogP contribution is 2.53. The predicted molar refractivity (Wildman–Crippen MR) is 63.5 cm³/mol. The first-order valence-electron chi connectivity index (χ1n) is 5.63. The lowest BCUT2D eigenvalue weighted by atomic mass is 9.94. The Balaban J connectivity index is 2.38. The molecule has 0 aliphatic heterocycles. The molecule has 3 heteroatoms. The van der Waals surface area contributed by atoms with Gasteiger partial charge in [-0.2, -0.15) is 0 Å². The number of rotatable bonds is 2. The Morgan fingerprint density at radius 3 is 2.25 bits per heavy atom. The van der Waals surface area contributed by atoms with E-state index in [9.17, 15) is 10.2 Å². The Kier molecular flexibility index (Phi) is 2.48. The number of aliphatic hydroxyl groups is 1. The molecule has 1 fully saturated rings. The number of nitrogens with two attached hydrogens (primary N) is 1. The van der Waals surface area contributed by atoms with Crippen molar-refractivity contribution in [2.75, 3.05) is 0 Å². The van der Waals surface area contributed by atoms with Gasteiger partial charge < -0.3 is 15.9 Å². The average molecular weight is 221 g/mol. The summed E-state index contributed by atoms with van der Waals surface area (Å²) in [5.74, 6) is 0.507. The number of aryl methyl sites for hydroxylation is 2. The molecule has 88 valence electrons. The van der Waals surface area contributed by atoms with E-state index >= 15 is 0 Å². The van der Waals surface area contributed by atoms with Gasteiger partial charge in [-0.25, -0.2) is 0 Å². The van der Waals surface area contributed by atoms with E-state index in [2.05, 4.69) is 0 Å². The largest absolute Gasteiger partial charge is 0.508 e. The zero-order valence-electron chi connectivity index (χ0n) is 9.99. The highest BCUT2D eigenvalue weighted by atomic mass is 16.3. The van der Waals surface area contributed by atoms with Crippen LogP contribution in [0.25, 0.3) is 0 Å². The molecule has 1 saturated carbocycles. The molecule has 1 aromatic rings. The molecule has 0 bridgehead atoms. The third-order valence-electron chi connectivity index (χ3n) is 3.75. The van der Waals surface area contributed by atoms with Crippen LogP contribution in [0.2, 0.25) is 0 Å². The molecule has 0 radical (unpaired) electrons. The van der Waals surface area contributed by atoms with Crippen LogP contribution in [0.3, 0.4) is 0 Å². The topological polar surface area (TPSA) is 66.5 Å². The van der Waals surface area contributed by atoms with Crippen LogP contribution in [0.1, 0.15) is 36.0 Å². The SMILES string of the molecule is Cc1cc(O)cc(C)c1[C@@H]1CC1(N)C(C)O. The minimum Gasteiger partial charge on any atom is -0.508 e. The summed E-state index contributed by atoms with van der Waals surface area (Å²) >= 11 is 0. The molecule has 3 nitrogen and oxygen atoms in total. The Morgan fingerprint density at radius 2 is 1.88 bits per heavy atom. The highest BCUT2D eigenvalue weighted by Gasteiger charge is 2.55. The summed E-state index contributed by atoms with van der Waals surface area (Å²) in [6.45, 7) is 5.69. The Labute approximate surface area is 95.9 Å². The molecule has 0 aromatic heterocycles. The molecule has 1 aliphatic rings. The summed E-state index contributed by atoms with van der Waals surface area (Å²) < 4.78 is 0. The molecule has 0 spiro atoms. The number of benzene rings is 1.